The van der Waals surface area contributed by atoms with Gasteiger partial charge in [-0.05, 0) is 42.6 Å². The van der Waals surface area contributed by atoms with Crippen molar-refractivity contribution in [3.63, 3.8) is 0 Å². The number of carbonyl (C=O) groups is 1. The maximum absolute atomic E-state index is 13.7. The van der Waals surface area contributed by atoms with Crippen LogP contribution in [0.1, 0.15) is 18.9 Å². The molecule has 1 aliphatic rings. The van der Waals surface area contributed by atoms with Crippen molar-refractivity contribution in [1.82, 2.24) is 9.88 Å². The Labute approximate surface area is 122 Å². The lowest BCUT2D eigenvalue weighted by Crippen LogP contribution is -2.38. The molecule has 2 aromatic rings. The maximum atomic E-state index is 13.7. The first kappa shape index (κ1) is 13.9. The highest BCUT2D eigenvalue weighted by atomic mass is 19.1. The lowest BCUT2D eigenvalue weighted by molar-refractivity contribution is -0.143. The number of carboxylic acid groups (broad SMARTS) is 1. The number of halogens is 1. The van der Waals surface area contributed by atoms with Crippen molar-refractivity contribution in [2.45, 2.75) is 25.9 Å². The van der Waals surface area contributed by atoms with Gasteiger partial charge in [0, 0.05) is 18.1 Å². The zero-order valence-electron chi connectivity index (χ0n) is 11.8. The summed E-state index contributed by atoms with van der Waals surface area (Å²) in [5.41, 5.74) is 1.48. The second-order valence-electron chi connectivity index (χ2n) is 5.66. The number of pyridine rings is 1. The molecule has 4 nitrogen and oxygen atoms in total. The van der Waals surface area contributed by atoms with Crippen LogP contribution in [0.15, 0.2) is 30.5 Å². The van der Waals surface area contributed by atoms with Gasteiger partial charge in [0.15, 0.2) is 0 Å². The maximum Gasteiger partial charge on any atom is 0.321 e. The fraction of sp³-hybridized carbons (Fsp3) is 0.375. The highest BCUT2D eigenvalue weighted by Gasteiger charge is 2.36. The van der Waals surface area contributed by atoms with Gasteiger partial charge in [-0.2, -0.15) is 0 Å². The Morgan fingerprint density at radius 2 is 2.33 bits per heavy atom. The minimum Gasteiger partial charge on any atom is -0.480 e. The monoisotopic (exact) mass is 288 g/mol. The normalized spacial score (nSPS) is 22.8. The fourth-order valence-electron chi connectivity index (χ4n) is 3.17. The van der Waals surface area contributed by atoms with Gasteiger partial charge in [0.05, 0.1) is 5.52 Å². The van der Waals surface area contributed by atoms with E-state index >= 15 is 0 Å². The molecule has 1 N–H and O–H groups in total. The predicted octanol–water partition coefficient (Wildman–Crippen LogP) is 2.67. The van der Waals surface area contributed by atoms with Gasteiger partial charge in [-0.3, -0.25) is 14.7 Å². The van der Waals surface area contributed by atoms with E-state index in [1.165, 1.54) is 12.1 Å². The SMILES string of the molecule is CC1CCN(Cc2cc(F)cc3cccnc23)C1C(=O)O. The number of benzene rings is 1. The summed E-state index contributed by atoms with van der Waals surface area (Å²) in [5, 5.41) is 10.1. The van der Waals surface area contributed by atoms with E-state index in [1.807, 2.05) is 17.9 Å². The molecular weight excluding hydrogens is 271 g/mol. The van der Waals surface area contributed by atoms with Crippen molar-refractivity contribution in [3.8, 4) is 0 Å². The number of hydrogen-bond donors (Lipinski definition) is 1. The Morgan fingerprint density at radius 1 is 1.52 bits per heavy atom. The lowest BCUT2D eigenvalue weighted by atomic mass is 10.0. The van der Waals surface area contributed by atoms with E-state index in [4.69, 9.17) is 0 Å². The second-order valence-corrected chi connectivity index (χ2v) is 5.66. The number of likely N-dealkylation sites (tertiary alicyclic amines) is 1. The van der Waals surface area contributed by atoms with Gasteiger partial charge in [-0.1, -0.05) is 13.0 Å². The van der Waals surface area contributed by atoms with Gasteiger partial charge in [0.2, 0.25) is 0 Å². The summed E-state index contributed by atoms with van der Waals surface area (Å²) in [7, 11) is 0. The van der Waals surface area contributed by atoms with Gasteiger partial charge in [0.25, 0.3) is 0 Å². The summed E-state index contributed by atoms with van der Waals surface area (Å²) in [4.78, 5) is 17.6. The van der Waals surface area contributed by atoms with Crippen molar-refractivity contribution < 1.29 is 14.3 Å². The van der Waals surface area contributed by atoms with Crippen molar-refractivity contribution >= 4 is 16.9 Å². The van der Waals surface area contributed by atoms with Gasteiger partial charge in [-0.25, -0.2) is 4.39 Å². The van der Waals surface area contributed by atoms with Gasteiger partial charge >= 0.3 is 5.97 Å². The number of nitrogens with zero attached hydrogens (tertiary/aromatic N) is 2. The number of aromatic nitrogens is 1. The average molecular weight is 288 g/mol. The van der Waals surface area contributed by atoms with Crippen LogP contribution in [0.25, 0.3) is 10.9 Å². The number of carboxylic acids is 1. The molecular formula is C16H17FN2O2. The summed E-state index contributed by atoms with van der Waals surface area (Å²) >= 11 is 0. The Morgan fingerprint density at radius 3 is 3.10 bits per heavy atom. The highest BCUT2D eigenvalue weighted by Crippen LogP contribution is 2.28. The van der Waals surface area contributed by atoms with Crippen molar-refractivity contribution in [1.29, 1.82) is 0 Å². The summed E-state index contributed by atoms with van der Waals surface area (Å²) in [6, 6.07) is 5.98. The van der Waals surface area contributed by atoms with E-state index in [-0.39, 0.29) is 11.7 Å². The van der Waals surface area contributed by atoms with E-state index in [9.17, 15) is 14.3 Å². The number of rotatable bonds is 3. The van der Waals surface area contributed by atoms with Crippen LogP contribution in [-0.4, -0.2) is 33.5 Å². The summed E-state index contributed by atoms with van der Waals surface area (Å²) in [5.74, 6) is -1.02. The molecule has 2 heterocycles. The van der Waals surface area contributed by atoms with Crippen LogP contribution >= 0.6 is 0 Å². The molecule has 1 aromatic carbocycles. The summed E-state index contributed by atoms with van der Waals surface area (Å²) in [6.07, 6.45) is 2.52. The minimum atomic E-state index is -0.811. The molecule has 0 saturated carbocycles. The molecule has 1 aromatic heterocycles. The molecule has 0 aliphatic carbocycles. The number of fused-ring (bicyclic) bond motifs is 1. The topological polar surface area (TPSA) is 53.4 Å². The van der Waals surface area contributed by atoms with Crippen LogP contribution in [0, 0.1) is 11.7 Å². The van der Waals surface area contributed by atoms with Crippen LogP contribution in [0.4, 0.5) is 4.39 Å². The Hall–Kier alpha value is -2.01. The Kier molecular flexibility index (Phi) is 3.59. The standard InChI is InChI=1S/C16H17FN2O2/c1-10-4-6-19(15(10)16(20)21)9-12-8-13(17)7-11-3-2-5-18-14(11)12/h2-3,5,7-8,10,15H,4,6,9H2,1H3,(H,20,21). The molecule has 110 valence electrons. The zero-order valence-corrected chi connectivity index (χ0v) is 11.8. The van der Waals surface area contributed by atoms with Crippen LogP contribution in [0.2, 0.25) is 0 Å². The van der Waals surface area contributed by atoms with E-state index in [0.29, 0.717) is 13.1 Å². The molecule has 0 radical (unpaired) electrons. The number of aliphatic carboxylic acids is 1. The summed E-state index contributed by atoms with van der Waals surface area (Å²) < 4.78 is 13.7. The molecule has 1 saturated heterocycles. The third-order valence-electron chi connectivity index (χ3n) is 4.18. The molecule has 5 heteroatoms. The zero-order chi connectivity index (χ0) is 15.0. The molecule has 2 unspecified atom stereocenters. The second kappa shape index (κ2) is 5.41. The van der Waals surface area contributed by atoms with Crippen LogP contribution in [-0.2, 0) is 11.3 Å². The molecule has 1 aliphatic heterocycles. The lowest BCUT2D eigenvalue weighted by Gasteiger charge is -2.23. The largest absolute Gasteiger partial charge is 0.480 e. The number of hydrogen-bond acceptors (Lipinski definition) is 3. The molecule has 0 bridgehead atoms. The van der Waals surface area contributed by atoms with Crippen molar-refractivity contribution in [3.05, 3.63) is 41.8 Å². The van der Waals surface area contributed by atoms with Crippen molar-refractivity contribution in [2.24, 2.45) is 5.92 Å². The van der Waals surface area contributed by atoms with Gasteiger partial charge in [0.1, 0.15) is 11.9 Å². The van der Waals surface area contributed by atoms with Crippen molar-refractivity contribution in [2.75, 3.05) is 6.54 Å². The summed E-state index contributed by atoms with van der Waals surface area (Å²) in [6.45, 7) is 3.07. The van der Waals surface area contributed by atoms with Crippen LogP contribution in [0.3, 0.4) is 0 Å². The van der Waals surface area contributed by atoms with Crippen LogP contribution in [0.5, 0.6) is 0 Å². The van der Waals surface area contributed by atoms with E-state index in [1.54, 1.807) is 12.3 Å². The average Bonchev–Trinajstić information content (AvgIpc) is 2.79. The third-order valence-corrected chi connectivity index (χ3v) is 4.18. The first-order valence-electron chi connectivity index (χ1n) is 7.06. The predicted molar refractivity (Wildman–Crippen MR) is 77.3 cm³/mol. The molecule has 0 spiro atoms. The smallest absolute Gasteiger partial charge is 0.321 e. The first-order chi connectivity index (χ1) is 10.1. The quantitative estimate of drug-likeness (QED) is 0.943. The third kappa shape index (κ3) is 2.61. The first-order valence-corrected chi connectivity index (χ1v) is 7.06. The molecule has 21 heavy (non-hydrogen) atoms. The molecule has 1 fully saturated rings. The molecule has 0 amide bonds. The van der Waals surface area contributed by atoms with E-state index in [0.717, 1.165) is 22.9 Å². The van der Waals surface area contributed by atoms with Gasteiger partial charge < -0.3 is 5.11 Å². The Bertz CT molecular complexity index is 689. The molecule has 3 rings (SSSR count). The van der Waals surface area contributed by atoms with E-state index < -0.39 is 12.0 Å². The Balaban J connectivity index is 1.96. The fourth-order valence-corrected chi connectivity index (χ4v) is 3.17. The van der Waals surface area contributed by atoms with Crippen LogP contribution < -0.4 is 0 Å². The van der Waals surface area contributed by atoms with E-state index in [2.05, 4.69) is 4.98 Å². The molecule has 2 atom stereocenters. The highest BCUT2D eigenvalue weighted by molar-refractivity contribution is 5.81. The van der Waals surface area contributed by atoms with Gasteiger partial charge in [-0.15, -0.1) is 0 Å². The minimum absolute atomic E-state index is 0.107.